The Hall–Kier alpha value is -2.29. The van der Waals surface area contributed by atoms with Crippen molar-refractivity contribution in [3.8, 4) is 0 Å². The lowest BCUT2D eigenvalue weighted by molar-refractivity contribution is -0.141. The first-order valence-corrected chi connectivity index (χ1v) is 14.6. The summed E-state index contributed by atoms with van der Waals surface area (Å²) in [5.74, 6) is -0.429. The third-order valence-corrected chi connectivity index (χ3v) is 7.58. The summed E-state index contributed by atoms with van der Waals surface area (Å²) in [5.41, 5.74) is 1.29. The standard InChI is InChI=1S/C26H35Cl2N3O4S/c1-5-19(3)29-26(33)24(6-2)30(18-20-12-14-21(27)15-13-20)25(32)11-8-16-31(36(4,34)35)23-10-7-9-22(28)17-23/h7,9-10,12-15,17,19,24H,5-6,8,11,16,18H2,1-4H3,(H,29,33)/t19-,24+/m0/s1. The predicted molar refractivity (Wildman–Crippen MR) is 147 cm³/mol. The Balaban J connectivity index is 2.22. The molecule has 0 radical (unpaired) electrons. The molecule has 0 aliphatic carbocycles. The molecule has 10 heteroatoms. The van der Waals surface area contributed by atoms with Gasteiger partial charge in [0, 0.05) is 35.6 Å². The predicted octanol–water partition coefficient (Wildman–Crippen LogP) is 5.26. The van der Waals surface area contributed by atoms with E-state index in [4.69, 9.17) is 23.2 Å². The maximum Gasteiger partial charge on any atom is 0.243 e. The highest BCUT2D eigenvalue weighted by molar-refractivity contribution is 7.92. The molecule has 0 fully saturated rings. The van der Waals surface area contributed by atoms with Crippen LogP contribution < -0.4 is 9.62 Å². The molecule has 1 N–H and O–H groups in total. The Morgan fingerprint density at radius 3 is 2.22 bits per heavy atom. The van der Waals surface area contributed by atoms with Gasteiger partial charge < -0.3 is 10.2 Å². The number of benzene rings is 2. The monoisotopic (exact) mass is 555 g/mol. The summed E-state index contributed by atoms with van der Waals surface area (Å²) in [4.78, 5) is 28.0. The van der Waals surface area contributed by atoms with Gasteiger partial charge in [-0.05, 0) is 62.1 Å². The lowest BCUT2D eigenvalue weighted by Crippen LogP contribution is -2.50. The number of carbonyl (C=O) groups excluding carboxylic acids is 2. The lowest BCUT2D eigenvalue weighted by Gasteiger charge is -2.32. The van der Waals surface area contributed by atoms with E-state index < -0.39 is 16.1 Å². The molecule has 0 heterocycles. The zero-order valence-corrected chi connectivity index (χ0v) is 23.5. The number of halogens is 2. The Kier molecular flexibility index (Phi) is 11.5. The van der Waals surface area contributed by atoms with E-state index in [0.29, 0.717) is 22.2 Å². The van der Waals surface area contributed by atoms with E-state index >= 15 is 0 Å². The molecule has 0 aliphatic rings. The van der Waals surface area contributed by atoms with Gasteiger partial charge in [-0.1, -0.05) is 55.2 Å². The Morgan fingerprint density at radius 2 is 1.67 bits per heavy atom. The minimum absolute atomic E-state index is 0.0138. The summed E-state index contributed by atoms with van der Waals surface area (Å²) in [5, 5.41) is 3.98. The number of hydrogen-bond donors (Lipinski definition) is 1. The van der Waals surface area contributed by atoms with Crippen LogP contribution >= 0.6 is 23.2 Å². The van der Waals surface area contributed by atoms with Crippen molar-refractivity contribution in [2.75, 3.05) is 17.1 Å². The van der Waals surface area contributed by atoms with Crippen LogP contribution in [0.5, 0.6) is 0 Å². The van der Waals surface area contributed by atoms with Crippen LogP contribution in [0.2, 0.25) is 10.0 Å². The average molecular weight is 557 g/mol. The topological polar surface area (TPSA) is 86.8 Å². The maximum atomic E-state index is 13.4. The highest BCUT2D eigenvalue weighted by Crippen LogP contribution is 2.23. The van der Waals surface area contributed by atoms with Crippen LogP contribution in [0.1, 0.15) is 52.0 Å². The van der Waals surface area contributed by atoms with E-state index in [-0.39, 0.29) is 43.8 Å². The fourth-order valence-electron chi connectivity index (χ4n) is 3.78. The van der Waals surface area contributed by atoms with Crippen molar-refractivity contribution in [3.05, 3.63) is 64.1 Å². The number of anilines is 1. The molecule has 0 bridgehead atoms. The van der Waals surface area contributed by atoms with Crippen molar-refractivity contribution in [1.82, 2.24) is 10.2 Å². The van der Waals surface area contributed by atoms with Crippen molar-refractivity contribution in [2.24, 2.45) is 0 Å². The summed E-state index contributed by atoms with van der Waals surface area (Å²) >= 11 is 12.1. The first-order valence-electron chi connectivity index (χ1n) is 12.0. The van der Waals surface area contributed by atoms with Gasteiger partial charge in [0.25, 0.3) is 0 Å². The van der Waals surface area contributed by atoms with E-state index in [0.717, 1.165) is 18.2 Å². The van der Waals surface area contributed by atoms with Gasteiger partial charge in [0.05, 0.1) is 11.9 Å². The molecule has 0 saturated heterocycles. The first-order chi connectivity index (χ1) is 17.0. The van der Waals surface area contributed by atoms with Crippen LogP contribution in [0, 0.1) is 0 Å². The van der Waals surface area contributed by atoms with E-state index in [2.05, 4.69) is 5.32 Å². The number of carbonyl (C=O) groups is 2. The number of nitrogens with one attached hydrogen (secondary N) is 1. The average Bonchev–Trinajstić information content (AvgIpc) is 2.81. The minimum atomic E-state index is -3.58. The molecule has 2 aromatic rings. The molecule has 0 spiro atoms. The summed E-state index contributed by atoms with van der Waals surface area (Å²) in [6.07, 6.45) is 2.69. The Bertz CT molecular complexity index is 1130. The SMILES string of the molecule is CC[C@H](C(=O)N[C@@H](C)CC)N(Cc1ccc(Cl)cc1)C(=O)CCCN(c1cccc(Cl)c1)S(C)(=O)=O. The first kappa shape index (κ1) is 29.9. The summed E-state index contributed by atoms with van der Waals surface area (Å²) in [7, 11) is -3.58. The van der Waals surface area contributed by atoms with Crippen LogP contribution in [0.25, 0.3) is 0 Å². The Morgan fingerprint density at radius 1 is 1.00 bits per heavy atom. The number of sulfonamides is 1. The third-order valence-electron chi connectivity index (χ3n) is 5.90. The second-order valence-electron chi connectivity index (χ2n) is 8.81. The summed E-state index contributed by atoms with van der Waals surface area (Å²) in [6.45, 7) is 6.12. The lowest BCUT2D eigenvalue weighted by atomic mass is 10.1. The third kappa shape index (κ3) is 8.98. The van der Waals surface area contributed by atoms with Crippen LogP contribution in [0.4, 0.5) is 5.69 Å². The Labute approximate surface area is 224 Å². The maximum absolute atomic E-state index is 13.4. The molecule has 2 atom stereocenters. The number of nitrogens with zero attached hydrogens (tertiary/aromatic N) is 2. The quantitative estimate of drug-likeness (QED) is 0.365. The van der Waals surface area contributed by atoms with Crippen LogP contribution in [-0.2, 0) is 26.2 Å². The van der Waals surface area contributed by atoms with Crippen molar-refractivity contribution in [3.63, 3.8) is 0 Å². The van der Waals surface area contributed by atoms with E-state index in [9.17, 15) is 18.0 Å². The molecule has 198 valence electrons. The molecular weight excluding hydrogens is 521 g/mol. The zero-order valence-electron chi connectivity index (χ0n) is 21.2. The highest BCUT2D eigenvalue weighted by Gasteiger charge is 2.29. The van der Waals surface area contributed by atoms with Crippen molar-refractivity contribution >= 4 is 50.7 Å². The van der Waals surface area contributed by atoms with E-state index in [1.807, 2.05) is 32.9 Å². The molecule has 2 aromatic carbocycles. The highest BCUT2D eigenvalue weighted by atomic mass is 35.5. The number of amides is 2. The van der Waals surface area contributed by atoms with Gasteiger partial charge in [0.2, 0.25) is 21.8 Å². The second-order valence-corrected chi connectivity index (χ2v) is 11.6. The van der Waals surface area contributed by atoms with Gasteiger partial charge in [0.15, 0.2) is 0 Å². The molecule has 0 unspecified atom stereocenters. The van der Waals surface area contributed by atoms with Crippen LogP contribution in [-0.4, -0.2) is 50.0 Å². The fraction of sp³-hybridized carbons (Fsp3) is 0.462. The molecule has 0 aliphatic heterocycles. The van der Waals surface area contributed by atoms with Crippen molar-refractivity contribution < 1.29 is 18.0 Å². The van der Waals surface area contributed by atoms with Gasteiger partial charge in [-0.2, -0.15) is 0 Å². The van der Waals surface area contributed by atoms with Gasteiger partial charge in [-0.15, -0.1) is 0 Å². The normalized spacial score (nSPS) is 13.1. The number of rotatable bonds is 13. The molecule has 7 nitrogen and oxygen atoms in total. The molecule has 0 saturated carbocycles. The molecule has 2 amide bonds. The zero-order chi connectivity index (χ0) is 26.9. The fourth-order valence-corrected chi connectivity index (χ4v) is 5.05. The van der Waals surface area contributed by atoms with Gasteiger partial charge in [0.1, 0.15) is 6.04 Å². The number of hydrogen-bond acceptors (Lipinski definition) is 4. The van der Waals surface area contributed by atoms with Gasteiger partial charge >= 0.3 is 0 Å². The summed E-state index contributed by atoms with van der Waals surface area (Å²) in [6, 6.07) is 13.1. The van der Waals surface area contributed by atoms with Crippen LogP contribution in [0.15, 0.2) is 48.5 Å². The van der Waals surface area contributed by atoms with E-state index in [1.165, 1.54) is 4.31 Å². The van der Waals surface area contributed by atoms with Gasteiger partial charge in [-0.3, -0.25) is 13.9 Å². The van der Waals surface area contributed by atoms with Crippen LogP contribution in [0.3, 0.4) is 0 Å². The van der Waals surface area contributed by atoms with Gasteiger partial charge in [-0.25, -0.2) is 8.42 Å². The van der Waals surface area contributed by atoms with E-state index in [1.54, 1.807) is 41.3 Å². The molecule has 2 rings (SSSR count). The van der Waals surface area contributed by atoms with Crippen molar-refractivity contribution in [2.45, 2.75) is 65.1 Å². The summed E-state index contributed by atoms with van der Waals surface area (Å²) < 4.78 is 26.1. The van der Waals surface area contributed by atoms with Crippen molar-refractivity contribution in [1.29, 1.82) is 0 Å². The largest absolute Gasteiger partial charge is 0.352 e. The molecule has 36 heavy (non-hydrogen) atoms. The second kappa shape index (κ2) is 13.9. The minimum Gasteiger partial charge on any atom is -0.352 e. The molecule has 0 aromatic heterocycles. The molecular formula is C26H35Cl2N3O4S. The smallest absolute Gasteiger partial charge is 0.243 e.